The van der Waals surface area contributed by atoms with Crippen LogP contribution < -0.4 is 5.73 Å². The minimum atomic E-state index is -0.899. The van der Waals surface area contributed by atoms with Gasteiger partial charge in [-0.05, 0) is 34.1 Å². The lowest BCUT2D eigenvalue weighted by atomic mass is 9.89. The Kier molecular flexibility index (Phi) is 4.59. The van der Waals surface area contributed by atoms with Crippen molar-refractivity contribution in [1.29, 1.82) is 0 Å². The molecule has 1 unspecified atom stereocenters. The molecule has 1 amide bonds. The van der Waals surface area contributed by atoms with E-state index in [4.69, 9.17) is 5.73 Å². The Morgan fingerprint density at radius 3 is 2.00 bits per heavy atom. The van der Waals surface area contributed by atoms with Crippen molar-refractivity contribution < 1.29 is 9.90 Å². The predicted molar refractivity (Wildman–Crippen MR) is 62.0 cm³/mol. The number of nitrogens with zero attached hydrogens (tertiary/aromatic N) is 1. The Labute approximate surface area is 92.4 Å². The molecule has 4 heteroatoms. The number of nitrogens with two attached hydrogens (primary N) is 1. The van der Waals surface area contributed by atoms with E-state index in [1.54, 1.807) is 0 Å². The molecule has 0 bridgehead atoms. The molecule has 90 valence electrons. The van der Waals surface area contributed by atoms with E-state index >= 15 is 0 Å². The van der Waals surface area contributed by atoms with Crippen molar-refractivity contribution in [3.8, 4) is 0 Å². The van der Waals surface area contributed by atoms with Gasteiger partial charge in [0.2, 0.25) is 0 Å². The smallest absolute Gasteiger partial charge is 0.408 e. The Balaban J connectivity index is 5.12. The molecule has 0 aromatic carbocycles. The molecule has 0 radical (unpaired) electrons. The average Bonchev–Trinajstić information content (AvgIpc) is 2.00. The highest BCUT2D eigenvalue weighted by Gasteiger charge is 2.40. The summed E-state index contributed by atoms with van der Waals surface area (Å²) < 4.78 is 0. The van der Waals surface area contributed by atoms with E-state index < -0.39 is 17.2 Å². The van der Waals surface area contributed by atoms with Gasteiger partial charge in [-0.3, -0.25) is 4.90 Å². The summed E-state index contributed by atoms with van der Waals surface area (Å²) in [6.45, 7) is 9.98. The fourth-order valence-corrected chi connectivity index (χ4v) is 2.17. The standard InChI is InChI=1S/C11H24N2O2/c1-6-7-11(5,8-12)13(9(14)15)10(2,3)4/h6-8,12H2,1-5H3,(H,14,15). The Morgan fingerprint density at radius 2 is 1.80 bits per heavy atom. The topological polar surface area (TPSA) is 66.6 Å². The Morgan fingerprint density at radius 1 is 1.33 bits per heavy atom. The second-order valence-corrected chi connectivity index (χ2v) is 5.24. The molecule has 0 saturated heterocycles. The first-order valence-electron chi connectivity index (χ1n) is 5.42. The first-order chi connectivity index (χ1) is 6.69. The predicted octanol–water partition coefficient (Wildman–Crippen LogP) is 2.28. The zero-order valence-corrected chi connectivity index (χ0v) is 10.5. The summed E-state index contributed by atoms with van der Waals surface area (Å²) in [6, 6.07) is 0. The van der Waals surface area contributed by atoms with Crippen LogP contribution in [-0.4, -0.2) is 33.7 Å². The van der Waals surface area contributed by atoms with Crippen LogP contribution in [0, 0.1) is 0 Å². The highest BCUT2D eigenvalue weighted by molar-refractivity contribution is 5.67. The second kappa shape index (κ2) is 4.84. The van der Waals surface area contributed by atoms with E-state index in [1.807, 2.05) is 34.6 Å². The van der Waals surface area contributed by atoms with Crippen LogP contribution in [0.4, 0.5) is 4.79 Å². The van der Waals surface area contributed by atoms with Crippen molar-refractivity contribution in [3.05, 3.63) is 0 Å². The van der Waals surface area contributed by atoms with Crippen molar-refractivity contribution >= 4 is 6.09 Å². The van der Waals surface area contributed by atoms with Crippen LogP contribution in [0.1, 0.15) is 47.5 Å². The summed E-state index contributed by atoms with van der Waals surface area (Å²) in [7, 11) is 0. The highest BCUT2D eigenvalue weighted by atomic mass is 16.4. The van der Waals surface area contributed by atoms with E-state index in [0.717, 1.165) is 12.8 Å². The van der Waals surface area contributed by atoms with Gasteiger partial charge in [0.25, 0.3) is 0 Å². The molecule has 0 fully saturated rings. The average molecular weight is 216 g/mol. The normalized spacial score (nSPS) is 15.9. The molecule has 1 atom stereocenters. The monoisotopic (exact) mass is 216 g/mol. The van der Waals surface area contributed by atoms with Crippen LogP contribution >= 0.6 is 0 Å². The molecule has 0 aliphatic rings. The molecule has 0 heterocycles. The van der Waals surface area contributed by atoms with Crippen molar-refractivity contribution in [2.24, 2.45) is 5.73 Å². The molecule has 0 rings (SSSR count). The minimum Gasteiger partial charge on any atom is -0.465 e. The van der Waals surface area contributed by atoms with Gasteiger partial charge in [-0.15, -0.1) is 0 Å². The van der Waals surface area contributed by atoms with Gasteiger partial charge in [0, 0.05) is 12.1 Å². The van der Waals surface area contributed by atoms with Crippen LogP contribution in [0.5, 0.6) is 0 Å². The molecule has 3 N–H and O–H groups in total. The van der Waals surface area contributed by atoms with Gasteiger partial charge in [0.15, 0.2) is 0 Å². The maximum Gasteiger partial charge on any atom is 0.408 e. The van der Waals surface area contributed by atoms with E-state index in [9.17, 15) is 9.90 Å². The van der Waals surface area contributed by atoms with Crippen molar-refractivity contribution in [2.45, 2.75) is 58.5 Å². The Bertz CT molecular complexity index is 223. The van der Waals surface area contributed by atoms with Gasteiger partial charge < -0.3 is 10.8 Å². The summed E-state index contributed by atoms with van der Waals surface area (Å²) in [5, 5.41) is 9.27. The van der Waals surface area contributed by atoms with Crippen LogP contribution in [0.15, 0.2) is 0 Å². The molecular weight excluding hydrogens is 192 g/mol. The van der Waals surface area contributed by atoms with Gasteiger partial charge in [-0.25, -0.2) is 4.79 Å². The molecule has 0 aromatic rings. The van der Waals surface area contributed by atoms with E-state index in [0.29, 0.717) is 6.54 Å². The largest absolute Gasteiger partial charge is 0.465 e. The molecular formula is C11H24N2O2. The minimum absolute atomic E-state index is 0.352. The maximum atomic E-state index is 11.3. The lowest BCUT2D eigenvalue weighted by molar-refractivity contribution is 0.0237. The summed E-state index contributed by atoms with van der Waals surface area (Å²) in [6.07, 6.45) is 0.810. The Hall–Kier alpha value is -0.770. The summed E-state index contributed by atoms with van der Waals surface area (Å²) in [4.78, 5) is 12.8. The zero-order chi connectivity index (χ0) is 12.3. The van der Waals surface area contributed by atoms with Gasteiger partial charge in [0.1, 0.15) is 0 Å². The fourth-order valence-electron chi connectivity index (χ4n) is 2.17. The zero-order valence-electron chi connectivity index (χ0n) is 10.5. The fraction of sp³-hybridized carbons (Fsp3) is 0.909. The lowest BCUT2D eigenvalue weighted by Gasteiger charge is -2.46. The summed E-state index contributed by atoms with van der Waals surface area (Å²) >= 11 is 0. The van der Waals surface area contributed by atoms with E-state index in [1.165, 1.54) is 4.90 Å². The number of carboxylic acid groups (broad SMARTS) is 1. The van der Waals surface area contributed by atoms with Crippen molar-refractivity contribution in [2.75, 3.05) is 6.54 Å². The first-order valence-corrected chi connectivity index (χ1v) is 5.42. The number of hydrogen-bond donors (Lipinski definition) is 2. The molecule has 0 aliphatic heterocycles. The van der Waals surface area contributed by atoms with Gasteiger partial charge >= 0.3 is 6.09 Å². The summed E-state index contributed by atoms with van der Waals surface area (Å²) in [5.41, 5.74) is 4.83. The molecule has 0 aliphatic carbocycles. The van der Waals surface area contributed by atoms with Gasteiger partial charge in [0.05, 0.1) is 5.54 Å². The van der Waals surface area contributed by atoms with Crippen molar-refractivity contribution in [3.63, 3.8) is 0 Å². The third kappa shape index (κ3) is 3.38. The van der Waals surface area contributed by atoms with Gasteiger partial charge in [-0.1, -0.05) is 13.3 Å². The maximum absolute atomic E-state index is 11.3. The number of rotatable bonds is 4. The van der Waals surface area contributed by atoms with E-state index in [2.05, 4.69) is 0 Å². The highest BCUT2D eigenvalue weighted by Crippen LogP contribution is 2.28. The third-order valence-electron chi connectivity index (χ3n) is 2.63. The molecule has 4 nitrogen and oxygen atoms in total. The molecule has 0 spiro atoms. The molecule has 0 aromatic heterocycles. The SMILES string of the molecule is CCCC(C)(CN)N(C(=O)O)C(C)(C)C. The van der Waals surface area contributed by atoms with Gasteiger partial charge in [-0.2, -0.15) is 0 Å². The number of carbonyl (C=O) groups is 1. The lowest BCUT2D eigenvalue weighted by Crippen LogP contribution is -2.61. The van der Waals surface area contributed by atoms with Crippen LogP contribution in [0.2, 0.25) is 0 Å². The van der Waals surface area contributed by atoms with Crippen LogP contribution in [0.3, 0.4) is 0 Å². The molecule has 0 saturated carbocycles. The third-order valence-corrected chi connectivity index (χ3v) is 2.63. The van der Waals surface area contributed by atoms with E-state index in [-0.39, 0.29) is 0 Å². The first kappa shape index (κ1) is 14.2. The van der Waals surface area contributed by atoms with Crippen LogP contribution in [0.25, 0.3) is 0 Å². The quantitative estimate of drug-likeness (QED) is 0.757. The molecule has 15 heavy (non-hydrogen) atoms. The summed E-state index contributed by atoms with van der Waals surface area (Å²) in [5.74, 6) is 0. The number of hydrogen-bond acceptors (Lipinski definition) is 2. The number of amides is 1. The second-order valence-electron chi connectivity index (χ2n) is 5.24. The van der Waals surface area contributed by atoms with Crippen LogP contribution in [-0.2, 0) is 0 Å². The van der Waals surface area contributed by atoms with Crippen molar-refractivity contribution in [1.82, 2.24) is 4.90 Å².